The Morgan fingerprint density at radius 1 is 1.04 bits per heavy atom. The summed E-state index contributed by atoms with van der Waals surface area (Å²) in [7, 11) is 0. The standard InChI is InChI=1S/C14H15F5N2O2/c1-5(2)21(14(3,4)19)12(20)6-7(13(22)23)9(16)11(18)10(17)8(6)15/h5,20H,1-4H3,(H,22,23). The molecular formula is C14H15F5N2O2. The number of carboxylic acid groups (broad SMARTS) is 1. The van der Waals surface area contributed by atoms with Crippen molar-refractivity contribution in [3.05, 3.63) is 34.4 Å². The van der Waals surface area contributed by atoms with E-state index in [1.54, 1.807) is 0 Å². The summed E-state index contributed by atoms with van der Waals surface area (Å²) in [5.74, 6) is -14.3. The highest BCUT2D eigenvalue weighted by Gasteiger charge is 2.38. The first-order valence-corrected chi connectivity index (χ1v) is 6.48. The van der Waals surface area contributed by atoms with Gasteiger partial charge in [0, 0.05) is 6.04 Å². The van der Waals surface area contributed by atoms with Gasteiger partial charge in [-0.2, -0.15) is 0 Å². The lowest BCUT2D eigenvalue weighted by atomic mass is 10.0. The summed E-state index contributed by atoms with van der Waals surface area (Å²) < 4.78 is 68.6. The Hall–Kier alpha value is -2.19. The van der Waals surface area contributed by atoms with E-state index in [2.05, 4.69) is 0 Å². The summed E-state index contributed by atoms with van der Waals surface area (Å²) in [6.07, 6.45) is 0. The van der Waals surface area contributed by atoms with Crippen LogP contribution < -0.4 is 0 Å². The number of carboxylic acids is 1. The number of aromatic carboxylic acids is 1. The molecule has 2 N–H and O–H groups in total. The Morgan fingerprint density at radius 3 is 1.74 bits per heavy atom. The fourth-order valence-corrected chi connectivity index (χ4v) is 2.31. The van der Waals surface area contributed by atoms with Crippen molar-refractivity contribution in [2.24, 2.45) is 0 Å². The number of hydrogen-bond acceptors (Lipinski definition) is 2. The van der Waals surface area contributed by atoms with Crippen LogP contribution in [0.2, 0.25) is 0 Å². The third-order valence-electron chi connectivity index (χ3n) is 3.05. The Labute approximate surface area is 129 Å². The maximum absolute atomic E-state index is 14.2. The van der Waals surface area contributed by atoms with Gasteiger partial charge in [0.2, 0.25) is 0 Å². The molecule has 128 valence electrons. The second kappa shape index (κ2) is 6.13. The Kier molecular flexibility index (Phi) is 5.03. The number of amidine groups is 1. The van der Waals surface area contributed by atoms with Crippen LogP contribution in [-0.4, -0.2) is 33.6 Å². The van der Waals surface area contributed by atoms with Gasteiger partial charge in [0.05, 0.1) is 5.56 Å². The molecule has 1 aromatic carbocycles. The molecule has 1 aromatic rings. The van der Waals surface area contributed by atoms with Gasteiger partial charge in [-0.3, -0.25) is 5.41 Å². The number of rotatable bonds is 4. The molecule has 9 heteroatoms. The van der Waals surface area contributed by atoms with E-state index in [0.29, 0.717) is 4.90 Å². The first kappa shape index (κ1) is 18.9. The molecule has 0 radical (unpaired) electrons. The van der Waals surface area contributed by atoms with E-state index in [0.717, 1.165) is 13.8 Å². The first-order valence-electron chi connectivity index (χ1n) is 6.48. The summed E-state index contributed by atoms with van der Waals surface area (Å²) in [4.78, 5) is 11.7. The van der Waals surface area contributed by atoms with E-state index in [1.807, 2.05) is 0 Å². The smallest absolute Gasteiger partial charge is 0.339 e. The zero-order valence-electron chi connectivity index (χ0n) is 12.8. The van der Waals surface area contributed by atoms with Gasteiger partial charge in [-0.05, 0) is 27.7 Å². The molecule has 0 heterocycles. The van der Waals surface area contributed by atoms with E-state index < -0.39 is 58.0 Å². The van der Waals surface area contributed by atoms with Crippen molar-refractivity contribution < 1.29 is 31.9 Å². The van der Waals surface area contributed by atoms with Crippen molar-refractivity contribution in [1.82, 2.24) is 4.90 Å². The van der Waals surface area contributed by atoms with Gasteiger partial charge in [0.1, 0.15) is 11.4 Å². The zero-order valence-corrected chi connectivity index (χ0v) is 12.8. The average molecular weight is 338 g/mol. The second-order valence-electron chi connectivity index (χ2n) is 5.53. The monoisotopic (exact) mass is 338 g/mol. The fourth-order valence-electron chi connectivity index (χ4n) is 2.31. The molecule has 0 atom stereocenters. The number of alkyl halides is 1. The highest BCUT2D eigenvalue weighted by molar-refractivity contribution is 6.06. The third-order valence-corrected chi connectivity index (χ3v) is 3.05. The topological polar surface area (TPSA) is 64.4 Å². The van der Waals surface area contributed by atoms with Crippen LogP contribution in [0.5, 0.6) is 0 Å². The molecule has 23 heavy (non-hydrogen) atoms. The molecule has 0 saturated heterocycles. The van der Waals surface area contributed by atoms with Crippen LogP contribution >= 0.6 is 0 Å². The molecule has 0 unspecified atom stereocenters. The highest BCUT2D eigenvalue weighted by atomic mass is 19.2. The van der Waals surface area contributed by atoms with Gasteiger partial charge in [-0.15, -0.1) is 0 Å². The summed E-state index contributed by atoms with van der Waals surface area (Å²) in [5, 5.41) is 16.8. The van der Waals surface area contributed by atoms with Crippen molar-refractivity contribution in [3.63, 3.8) is 0 Å². The summed E-state index contributed by atoms with van der Waals surface area (Å²) in [6, 6.07) is -0.778. The van der Waals surface area contributed by atoms with Crippen molar-refractivity contribution >= 4 is 11.8 Å². The van der Waals surface area contributed by atoms with Crippen LogP contribution in [0.15, 0.2) is 0 Å². The maximum atomic E-state index is 14.2. The largest absolute Gasteiger partial charge is 0.478 e. The quantitative estimate of drug-likeness (QED) is 0.220. The van der Waals surface area contributed by atoms with E-state index in [-0.39, 0.29) is 0 Å². The predicted octanol–water partition coefficient (Wildman–Crippen LogP) is 3.68. The minimum atomic E-state index is -2.31. The first-order chi connectivity index (χ1) is 10.3. The molecule has 4 nitrogen and oxygen atoms in total. The van der Waals surface area contributed by atoms with Gasteiger partial charge >= 0.3 is 5.97 Å². The van der Waals surface area contributed by atoms with Crippen molar-refractivity contribution in [1.29, 1.82) is 5.41 Å². The van der Waals surface area contributed by atoms with Gasteiger partial charge in [-0.1, -0.05) is 0 Å². The molecule has 0 spiro atoms. The van der Waals surface area contributed by atoms with Crippen molar-refractivity contribution in [3.8, 4) is 0 Å². The predicted molar refractivity (Wildman–Crippen MR) is 72.2 cm³/mol. The van der Waals surface area contributed by atoms with Crippen LogP contribution in [-0.2, 0) is 0 Å². The van der Waals surface area contributed by atoms with Gasteiger partial charge < -0.3 is 10.0 Å². The SMILES string of the molecule is CC(C)N(C(=N)c1c(F)c(F)c(F)c(F)c1C(=O)O)C(C)(C)F. The molecule has 0 fully saturated rings. The van der Waals surface area contributed by atoms with Crippen LogP contribution in [0.3, 0.4) is 0 Å². The van der Waals surface area contributed by atoms with E-state index >= 15 is 0 Å². The Bertz CT molecular complexity index is 668. The second-order valence-corrected chi connectivity index (χ2v) is 5.53. The number of nitrogens with zero attached hydrogens (tertiary/aromatic N) is 1. The van der Waals surface area contributed by atoms with Gasteiger partial charge in [0.25, 0.3) is 0 Å². The zero-order chi connectivity index (χ0) is 18.3. The number of benzene rings is 1. The minimum Gasteiger partial charge on any atom is -0.478 e. The summed E-state index contributed by atoms with van der Waals surface area (Å²) >= 11 is 0. The average Bonchev–Trinajstić information content (AvgIpc) is 2.37. The molecule has 0 bridgehead atoms. The molecule has 0 aliphatic heterocycles. The lowest BCUT2D eigenvalue weighted by Gasteiger charge is -2.38. The third kappa shape index (κ3) is 3.27. The number of carbonyl (C=O) groups is 1. The molecule has 0 amide bonds. The van der Waals surface area contributed by atoms with Crippen LogP contribution in [0.25, 0.3) is 0 Å². The molecular weight excluding hydrogens is 323 g/mol. The minimum absolute atomic E-state index is 0.620. The number of nitrogens with one attached hydrogen (secondary N) is 1. The van der Waals surface area contributed by atoms with Gasteiger partial charge in [0.15, 0.2) is 29.1 Å². The molecule has 0 saturated carbocycles. The molecule has 0 aromatic heterocycles. The Balaban J connectivity index is 3.78. The normalized spacial score (nSPS) is 11.7. The maximum Gasteiger partial charge on any atom is 0.339 e. The highest BCUT2D eigenvalue weighted by Crippen LogP contribution is 2.29. The summed E-state index contributed by atoms with van der Waals surface area (Å²) in [6.45, 7) is 4.81. The van der Waals surface area contributed by atoms with Gasteiger partial charge in [-0.25, -0.2) is 26.7 Å². The Morgan fingerprint density at radius 2 is 1.43 bits per heavy atom. The van der Waals surface area contributed by atoms with E-state index in [1.165, 1.54) is 13.8 Å². The lowest BCUT2D eigenvalue weighted by Crippen LogP contribution is -2.49. The van der Waals surface area contributed by atoms with Crippen molar-refractivity contribution in [2.75, 3.05) is 0 Å². The summed E-state index contributed by atoms with van der Waals surface area (Å²) in [5.41, 5.74) is -2.92. The molecule has 0 aliphatic carbocycles. The van der Waals surface area contributed by atoms with E-state index in [4.69, 9.17) is 10.5 Å². The number of hydrogen-bond donors (Lipinski definition) is 2. The van der Waals surface area contributed by atoms with Crippen LogP contribution in [0, 0.1) is 28.7 Å². The number of halogens is 5. The van der Waals surface area contributed by atoms with Crippen LogP contribution in [0.1, 0.15) is 43.6 Å². The molecule has 1 rings (SSSR count). The molecule has 0 aliphatic rings. The van der Waals surface area contributed by atoms with Crippen LogP contribution in [0.4, 0.5) is 22.0 Å². The fraction of sp³-hybridized carbons (Fsp3) is 0.429. The lowest BCUT2D eigenvalue weighted by molar-refractivity contribution is 0.0350. The van der Waals surface area contributed by atoms with Crippen molar-refractivity contribution in [2.45, 2.75) is 39.5 Å². The van der Waals surface area contributed by atoms with E-state index in [9.17, 15) is 26.7 Å².